The van der Waals surface area contributed by atoms with Crippen molar-refractivity contribution < 1.29 is 32.8 Å². The molecule has 1 fully saturated rings. The lowest BCUT2D eigenvalue weighted by molar-refractivity contribution is -0.133. The van der Waals surface area contributed by atoms with E-state index in [4.69, 9.17) is 14.0 Å². The van der Waals surface area contributed by atoms with Crippen molar-refractivity contribution in [2.75, 3.05) is 12.0 Å². The highest BCUT2D eigenvalue weighted by Gasteiger charge is 2.54. The van der Waals surface area contributed by atoms with Crippen LogP contribution in [0, 0.1) is 12.8 Å². The molecule has 1 aromatic carbocycles. The zero-order valence-corrected chi connectivity index (χ0v) is 17.5. The Kier molecular flexibility index (Phi) is 4.83. The number of ether oxygens (including phenoxy) is 2. The summed E-state index contributed by atoms with van der Waals surface area (Å²) in [5, 5.41) is 3.97. The number of anilines is 1. The van der Waals surface area contributed by atoms with Crippen LogP contribution >= 0.6 is 0 Å². The molecule has 9 heteroatoms. The highest BCUT2D eigenvalue weighted by Crippen LogP contribution is 2.48. The number of Topliss-reactive ketones (excluding diaryl/α,β-unsaturated/α-hetero) is 1. The highest BCUT2D eigenvalue weighted by molar-refractivity contribution is 6.17. The average Bonchev–Trinajstić information content (AvgIpc) is 3.35. The summed E-state index contributed by atoms with van der Waals surface area (Å²) in [6.07, 6.45) is -0.835. The van der Waals surface area contributed by atoms with Gasteiger partial charge >= 0.3 is 5.97 Å². The second-order valence-electron chi connectivity index (χ2n) is 8.27. The van der Waals surface area contributed by atoms with Gasteiger partial charge in [-0.15, -0.1) is 0 Å². The fourth-order valence-corrected chi connectivity index (χ4v) is 4.75. The molecule has 1 amide bonds. The number of alkyl halides is 1. The minimum absolute atomic E-state index is 0.0174. The van der Waals surface area contributed by atoms with Crippen LogP contribution in [0.2, 0.25) is 0 Å². The lowest BCUT2D eigenvalue weighted by Gasteiger charge is -2.36. The third kappa shape index (κ3) is 3.11. The molecular weight excluding hydrogens is 419 g/mol. The van der Waals surface area contributed by atoms with Crippen molar-refractivity contribution >= 4 is 23.5 Å². The molecule has 2 aliphatic heterocycles. The van der Waals surface area contributed by atoms with Gasteiger partial charge in [-0.3, -0.25) is 14.5 Å². The first-order chi connectivity index (χ1) is 15.4. The summed E-state index contributed by atoms with van der Waals surface area (Å²) in [5.41, 5.74) is 1.11. The summed E-state index contributed by atoms with van der Waals surface area (Å²) in [7, 11) is 1.29. The Morgan fingerprint density at radius 1 is 1.22 bits per heavy atom. The summed E-state index contributed by atoms with van der Waals surface area (Å²) in [5.74, 6) is -1.19. The second kappa shape index (κ2) is 7.58. The van der Waals surface area contributed by atoms with Gasteiger partial charge in [-0.2, -0.15) is 0 Å². The number of aryl methyl sites for hydroxylation is 1. The van der Waals surface area contributed by atoms with Gasteiger partial charge in [0.15, 0.2) is 17.4 Å². The molecule has 4 atom stereocenters. The van der Waals surface area contributed by atoms with Crippen molar-refractivity contribution in [3.8, 4) is 0 Å². The van der Waals surface area contributed by atoms with Crippen LogP contribution in [0.5, 0.6) is 0 Å². The van der Waals surface area contributed by atoms with E-state index in [2.05, 4.69) is 5.16 Å². The number of nitrogens with zero attached hydrogens (tertiary/aromatic N) is 2. The zero-order chi connectivity index (χ0) is 22.6. The molecule has 3 aliphatic rings. The summed E-state index contributed by atoms with van der Waals surface area (Å²) >= 11 is 0. The van der Waals surface area contributed by atoms with Gasteiger partial charge in [0.2, 0.25) is 0 Å². The first-order valence-corrected chi connectivity index (χ1v) is 10.4. The molecule has 0 radical (unpaired) electrons. The number of halogens is 1. The Bertz CT molecular complexity index is 1140. The number of amides is 1. The number of rotatable bonds is 3. The Morgan fingerprint density at radius 3 is 2.62 bits per heavy atom. The fraction of sp³-hybridized carbons (Fsp3) is 0.391. The van der Waals surface area contributed by atoms with Crippen molar-refractivity contribution in [1.29, 1.82) is 0 Å². The second-order valence-corrected chi connectivity index (χ2v) is 8.27. The number of hydrogen-bond acceptors (Lipinski definition) is 7. The van der Waals surface area contributed by atoms with Crippen LogP contribution < -0.4 is 4.90 Å². The quantitative estimate of drug-likeness (QED) is 0.676. The van der Waals surface area contributed by atoms with Crippen LogP contribution in [0.4, 0.5) is 10.2 Å². The van der Waals surface area contributed by atoms with Crippen molar-refractivity contribution in [1.82, 2.24) is 5.16 Å². The van der Waals surface area contributed by atoms with Crippen molar-refractivity contribution in [2.45, 2.75) is 44.5 Å². The van der Waals surface area contributed by atoms with Crippen molar-refractivity contribution in [2.24, 2.45) is 5.92 Å². The number of benzene rings is 1. The van der Waals surface area contributed by atoms with E-state index >= 15 is 0 Å². The smallest absolute Gasteiger partial charge is 0.337 e. The highest BCUT2D eigenvalue weighted by atomic mass is 19.1. The molecule has 0 saturated heterocycles. The summed E-state index contributed by atoms with van der Waals surface area (Å²) in [6.45, 7) is 1.70. The van der Waals surface area contributed by atoms with Crippen LogP contribution in [0.25, 0.3) is 0 Å². The summed E-state index contributed by atoms with van der Waals surface area (Å²) < 4.78 is 30.0. The molecule has 0 spiro atoms. The number of ketones is 1. The van der Waals surface area contributed by atoms with Gasteiger partial charge in [0.25, 0.3) is 5.91 Å². The van der Waals surface area contributed by atoms with E-state index in [9.17, 15) is 18.8 Å². The summed E-state index contributed by atoms with van der Waals surface area (Å²) in [6, 6.07) is 7.19. The minimum atomic E-state index is -1.07. The molecule has 1 aliphatic carbocycles. The Hall–Kier alpha value is -3.49. The average molecular weight is 440 g/mol. The van der Waals surface area contributed by atoms with E-state index in [1.54, 1.807) is 37.3 Å². The first kappa shape index (κ1) is 20.4. The van der Waals surface area contributed by atoms with E-state index in [0.717, 1.165) is 0 Å². The van der Waals surface area contributed by atoms with Gasteiger partial charge in [0.1, 0.15) is 18.0 Å². The van der Waals surface area contributed by atoms with E-state index in [-0.39, 0.29) is 29.4 Å². The SMILES string of the molecule is COC(=O)c1ccc(C2C3=C(OC4CCC(F)CC4C3=O)C(=O)N2c2cc(C)on2)cc1. The topological polar surface area (TPSA) is 98.9 Å². The molecule has 0 N–H and O–H groups in total. The van der Waals surface area contributed by atoms with Gasteiger partial charge in [-0.05, 0) is 43.9 Å². The number of carbonyl (C=O) groups is 3. The number of esters is 1. The molecule has 1 aromatic heterocycles. The monoisotopic (exact) mass is 440 g/mol. The third-order valence-electron chi connectivity index (χ3n) is 6.29. The molecular formula is C23H21FN2O6. The molecule has 0 bridgehead atoms. The molecule has 1 saturated carbocycles. The maximum atomic E-state index is 14.1. The molecule has 4 unspecified atom stereocenters. The number of carbonyl (C=O) groups excluding carboxylic acids is 3. The molecule has 8 nitrogen and oxygen atoms in total. The third-order valence-corrected chi connectivity index (χ3v) is 6.29. The fourth-order valence-electron chi connectivity index (χ4n) is 4.75. The van der Waals surface area contributed by atoms with Gasteiger partial charge in [0.05, 0.1) is 30.2 Å². The number of hydrogen-bond donors (Lipinski definition) is 0. The molecule has 166 valence electrons. The Labute approximate surface area is 182 Å². The lowest BCUT2D eigenvalue weighted by atomic mass is 9.77. The van der Waals surface area contributed by atoms with E-state index in [1.807, 2.05) is 0 Å². The molecule has 3 heterocycles. The van der Waals surface area contributed by atoms with Crippen molar-refractivity contribution in [3.05, 3.63) is 58.6 Å². The zero-order valence-electron chi connectivity index (χ0n) is 17.5. The van der Waals surface area contributed by atoms with Crippen LogP contribution in [0.3, 0.4) is 0 Å². The Balaban J connectivity index is 1.61. The number of fused-ring (bicyclic) bond motifs is 1. The maximum Gasteiger partial charge on any atom is 0.337 e. The number of aromatic nitrogens is 1. The standard InChI is InChI=1S/C23H21FN2O6/c1-11-9-17(25-32-11)26-19(12-3-5-13(6-4-12)23(29)30-2)18-20(27)15-10-14(24)7-8-16(15)31-21(18)22(26)28/h3-6,9,14-16,19H,7-8,10H2,1-2H3. The van der Waals surface area contributed by atoms with Crippen LogP contribution in [-0.2, 0) is 19.1 Å². The first-order valence-electron chi connectivity index (χ1n) is 10.4. The van der Waals surface area contributed by atoms with E-state index in [1.165, 1.54) is 12.0 Å². The minimum Gasteiger partial charge on any atom is -0.483 e. The normalized spacial score (nSPS) is 27.2. The van der Waals surface area contributed by atoms with E-state index < -0.39 is 36.1 Å². The lowest BCUT2D eigenvalue weighted by Crippen LogP contribution is -2.42. The molecule has 32 heavy (non-hydrogen) atoms. The number of methoxy groups -OCH3 is 1. The maximum absolute atomic E-state index is 14.1. The van der Waals surface area contributed by atoms with Crippen LogP contribution in [0.1, 0.15) is 47.0 Å². The van der Waals surface area contributed by atoms with Gasteiger partial charge in [-0.25, -0.2) is 9.18 Å². The Morgan fingerprint density at radius 2 is 1.97 bits per heavy atom. The van der Waals surface area contributed by atoms with Gasteiger partial charge in [-0.1, -0.05) is 17.3 Å². The largest absolute Gasteiger partial charge is 0.483 e. The summed E-state index contributed by atoms with van der Waals surface area (Å²) in [4.78, 5) is 40.1. The van der Waals surface area contributed by atoms with Crippen molar-refractivity contribution in [3.63, 3.8) is 0 Å². The molecule has 2 aromatic rings. The van der Waals surface area contributed by atoms with Gasteiger partial charge in [0, 0.05) is 6.07 Å². The predicted octanol–water partition coefficient (Wildman–Crippen LogP) is 3.22. The molecule has 5 rings (SSSR count). The van der Waals surface area contributed by atoms with E-state index in [0.29, 0.717) is 29.7 Å². The van der Waals surface area contributed by atoms with Crippen LogP contribution in [-0.4, -0.2) is 42.2 Å². The van der Waals surface area contributed by atoms with Crippen LogP contribution in [0.15, 0.2) is 46.2 Å². The predicted molar refractivity (Wildman–Crippen MR) is 108 cm³/mol. The van der Waals surface area contributed by atoms with Gasteiger partial charge < -0.3 is 14.0 Å².